The van der Waals surface area contributed by atoms with Crippen molar-refractivity contribution in [3.05, 3.63) is 48.3 Å². The van der Waals surface area contributed by atoms with Crippen molar-refractivity contribution in [3.63, 3.8) is 0 Å². The van der Waals surface area contributed by atoms with Gasteiger partial charge in [-0.1, -0.05) is 160 Å². The van der Waals surface area contributed by atoms with Crippen molar-refractivity contribution in [2.45, 2.75) is 155 Å². The molecule has 36 heavy (non-hydrogen) atoms. The summed E-state index contributed by atoms with van der Waals surface area (Å²) >= 11 is 0. The van der Waals surface area contributed by atoms with Crippen LogP contribution in [0.1, 0.15) is 148 Å². The number of rotatable bonds is 24. The molecular weight excluding hydrogens is 436 g/mol. The summed E-state index contributed by atoms with van der Waals surface area (Å²) in [5, 5.41) is 0. The van der Waals surface area contributed by atoms with Crippen LogP contribution in [0, 0.1) is 0 Å². The fourth-order valence-corrected chi connectivity index (χ4v) is 5.63. The first kappa shape index (κ1) is 30.8. The average molecular weight is 497 g/mol. The van der Waals surface area contributed by atoms with Crippen LogP contribution in [0.3, 0.4) is 0 Å². The van der Waals surface area contributed by atoms with Gasteiger partial charge in [0.2, 0.25) is 0 Å². The quantitative estimate of drug-likeness (QED) is 0.131. The molecule has 0 amide bonds. The van der Waals surface area contributed by atoms with Crippen molar-refractivity contribution in [1.29, 1.82) is 0 Å². The van der Waals surface area contributed by atoms with E-state index in [4.69, 9.17) is 0 Å². The summed E-state index contributed by atoms with van der Waals surface area (Å²) in [4.78, 5) is 5.24. The van der Waals surface area contributed by atoms with E-state index in [2.05, 4.69) is 66.4 Å². The molecule has 206 valence electrons. The highest BCUT2D eigenvalue weighted by Crippen LogP contribution is 2.22. The van der Waals surface area contributed by atoms with Gasteiger partial charge in [-0.2, -0.15) is 0 Å². The van der Waals surface area contributed by atoms with Crippen molar-refractivity contribution >= 4 is 0 Å². The van der Waals surface area contributed by atoms with Crippen LogP contribution in [0.2, 0.25) is 0 Å². The summed E-state index contributed by atoms with van der Waals surface area (Å²) in [6.07, 6.45) is 34.7. The van der Waals surface area contributed by atoms with E-state index in [1.807, 2.05) is 0 Å². The number of hydrogen-bond donors (Lipinski definition) is 0. The smallest absolute Gasteiger partial charge is 0.105 e. The standard InChI is InChI=1S/C34H60N2/c1-3-5-7-9-10-11-12-13-14-15-16-17-18-20-25-29-36-31-30-35(28-24-19-8-6-4-2)34(36)32-33-26-22-21-23-27-33/h21-23,26-27,30-31,34H,3-20,24-25,28-29,32H2,1-2H3. The topological polar surface area (TPSA) is 6.48 Å². The number of nitrogens with zero attached hydrogens (tertiary/aromatic N) is 2. The molecule has 1 aromatic carbocycles. The van der Waals surface area contributed by atoms with Gasteiger partial charge in [-0.3, -0.25) is 0 Å². The molecular formula is C34H60N2. The Morgan fingerprint density at radius 2 is 0.833 bits per heavy atom. The van der Waals surface area contributed by atoms with Crippen LogP contribution in [-0.2, 0) is 6.42 Å². The predicted octanol–water partition coefficient (Wildman–Crippen LogP) is 10.5. The molecule has 0 saturated heterocycles. The molecule has 1 aromatic rings. The second kappa shape index (κ2) is 21.6. The highest BCUT2D eigenvalue weighted by Gasteiger charge is 2.25. The zero-order valence-corrected chi connectivity index (χ0v) is 24.3. The predicted molar refractivity (Wildman–Crippen MR) is 160 cm³/mol. The molecule has 0 radical (unpaired) electrons. The fourth-order valence-electron chi connectivity index (χ4n) is 5.63. The summed E-state index contributed by atoms with van der Waals surface area (Å²) in [5.41, 5.74) is 1.46. The Morgan fingerprint density at radius 1 is 0.472 bits per heavy atom. The van der Waals surface area contributed by atoms with Crippen molar-refractivity contribution in [3.8, 4) is 0 Å². The van der Waals surface area contributed by atoms with Gasteiger partial charge in [0.25, 0.3) is 0 Å². The van der Waals surface area contributed by atoms with E-state index < -0.39 is 0 Å². The lowest BCUT2D eigenvalue weighted by atomic mass is 10.0. The summed E-state index contributed by atoms with van der Waals surface area (Å²) in [7, 11) is 0. The van der Waals surface area contributed by atoms with Gasteiger partial charge in [0.15, 0.2) is 0 Å². The van der Waals surface area contributed by atoms with E-state index in [0.29, 0.717) is 6.17 Å². The molecule has 0 N–H and O–H groups in total. The van der Waals surface area contributed by atoms with E-state index >= 15 is 0 Å². The molecule has 0 aromatic heterocycles. The van der Waals surface area contributed by atoms with Crippen molar-refractivity contribution in [1.82, 2.24) is 9.80 Å². The van der Waals surface area contributed by atoms with Crippen LogP contribution in [0.15, 0.2) is 42.7 Å². The lowest BCUT2D eigenvalue weighted by molar-refractivity contribution is 0.148. The molecule has 0 spiro atoms. The first-order valence-electron chi connectivity index (χ1n) is 16.1. The molecule has 1 aliphatic heterocycles. The van der Waals surface area contributed by atoms with Crippen molar-refractivity contribution in [2.24, 2.45) is 0 Å². The van der Waals surface area contributed by atoms with Crippen molar-refractivity contribution < 1.29 is 0 Å². The van der Waals surface area contributed by atoms with Gasteiger partial charge in [-0.25, -0.2) is 0 Å². The molecule has 0 aliphatic carbocycles. The van der Waals surface area contributed by atoms with Crippen LogP contribution in [-0.4, -0.2) is 29.1 Å². The Morgan fingerprint density at radius 3 is 1.22 bits per heavy atom. The van der Waals surface area contributed by atoms with E-state index in [1.54, 1.807) is 0 Å². The van der Waals surface area contributed by atoms with Crippen LogP contribution >= 0.6 is 0 Å². The maximum absolute atomic E-state index is 2.63. The minimum absolute atomic E-state index is 0.505. The zero-order valence-electron chi connectivity index (χ0n) is 24.3. The maximum atomic E-state index is 2.63. The number of hydrogen-bond acceptors (Lipinski definition) is 2. The molecule has 1 heterocycles. The third-order valence-corrected chi connectivity index (χ3v) is 8.02. The minimum atomic E-state index is 0.505. The summed E-state index contributed by atoms with van der Waals surface area (Å²) in [6, 6.07) is 11.1. The van der Waals surface area contributed by atoms with Gasteiger partial charge in [0.05, 0.1) is 0 Å². The molecule has 0 fully saturated rings. The Labute approximate surface area is 225 Å². The zero-order chi connectivity index (χ0) is 25.5. The maximum Gasteiger partial charge on any atom is 0.105 e. The summed E-state index contributed by atoms with van der Waals surface area (Å²) in [6.45, 7) is 7.01. The Kier molecular flexibility index (Phi) is 18.5. The second-order valence-corrected chi connectivity index (χ2v) is 11.3. The van der Waals surface area contributed by atoms with Gasteiger partial charge in [-0.05, 0) is 18.4 Å². The van der Waals surface area contributed by atoms with E-state index in [9.17, 15) is 0 Å². The van der Waals surface area contributed by atoms with E-state index in [0.717, 1.165) is 6.42 Å². The van der Waals surface area contributed by atoms with Crippen LogP contribution in [0.5, 0.6) is 0 Å². The van der Waals surface area contributed by atoms with Crippen LogP contribution in [0.4, 0.5) is 0 Å². The van der Waals surface area contributed by atoms with Gasteiger partial charge in [0, 0.05) is 31.9 Å². The first-order valence-corrected chi connectivity index (χ1v) is 16.1. The van der Waals surface area contributed by atoms with Gasteiger partial charge < -0.3 is 9.80 Å². The summed E-state index contributed by atoms with van der Waals surface area (Å²) < 4.78 is 0. The van der Waals surface area contributed by atoms with Crippen molar-refractivity contribution in [2.75, 3.05) is 13.1 Å². The third-order valence-electron chi connectivity index (χ3n) is 8.02. The molecule has 1 atom stereocenters. The van der Waals surface area contributed by atoms with Gasteiger partial charge >= 0.3 is 0 Å². The molecule has 2 nitrogen and oxygen atoms in total. The van der Waals surface area contributed by atoms with E-state index in [1.165, 1.54) is 147 Å². The highest BCUT2D eigenvalue weighted by molar-refractivity contribution is 5.17. The second-order valence-electron chi connectivity index (χ2n) is 11.3. The molecule has 2 rings (SSSR count). The molecule has 1 aliphatic rings. The Hall–Kier alpha value is -1.44. The third kappa shape index (κ3) is 14.3. The lowest BCUT2D eigenvalue weighted by Crippen LogP contribution is -2.41. The number of unbranched alkanes of at least 4 members (excludes halogenated alkanes) is 18. The van der Waals surface area contributed by atoms with Gasteiger partial charge in [0.1, 0.15) is 6.17 Å². The Bertz CT molecular complexity index is 625. The monoisotopic (exact) mass is 496 g/mol. The molecule has 0 saturated carbocycles. The largest absolute Gasteiger partial charge is 0.356 e. The van der Waals surface area contributed by atoms with Crippen LogP contribution in [0.25, 0.3) is 0 Å². The molecule has 2 heteroatoms. The SMILES string of the molecule is CCCCCCCCCCCCCCCCCN1C=CN(CCCCCCC)C1Cc1ccccc1. The van der Waals surface area contributed by atoms with Gasteiger partial charge in [-0.15, -0.1) is 0 Å². The van der Waals surface area contributed by atoms with Crippen LogP contribution < -0.4 is 0 Å². The normalized spacial score (nSPS) is 15.3. The number of benzene rings is 1. The Balaban J connectivity index is 1.54. The van der Waals surface area contributed by atoms with E-state index in [-0.39, 0.29) is 0 Å². The average Bonchev–Trinajstić information content (AvgIpc) is 3.27. The minimum Gasteiger partial charge on any atom is -0.356 e. The molecule has 1 unspecified atom stereocenters. The fraction of sp³-hybridized carbons (Fsp3) is 0.765. The first-order chi connectivity index (χ1) is 17.8. The lowest BCUT2D eigenvalue weighted by Gasteiger charge is -2.33. The molecule has 0 bridgehead atoms. The summed E-state index contributed by atoms with van der Waals surface area (Å²) in [5.74, 6) is 0. The highest BCUT2D eigenvalue weighted by atomic mass is 15.4.